The molecule has 1 heterocycles. The summed E-state index contributed by atoms with van der Waals surface area (Å²) in [5.74, 6) is -0.0920. The number of benzene rings is 2. The average molecular weight is 419 g/mol. The highest BCUT2D eigenvalue weighted by molar-refractivity contribution is 5.94. The normalized spacial score (nSPS) is 12.2. The first-order valence-corrected chi connectivity index (χ1v) is 11.3. The predicted octanol–water partition coefficient (Wildman–Crippen LogP) is 5.09. The molecule has 0 saturated carbocycles. The van der Waals surface area contributed by atoms with Gasteiger partial charge in [0.1, 0.15) is 5.69 Å². The van der Waals surface area contributed by atoms with Crippen molar-refractivity contribution >= 4 is 5.91 Å². The number of hydrogen-bond donors (Lipinski definition) is 1. The Morgan fingerprint density at radius 3 is 2.39 bits per heavy atom. The van der Waals surface area contributed by atoms with Crippen LogP contribution >= 0.6 is 0 Å². The predicted molar refractivity (Wildman–Crippen MR) is 128 cm³/mol. The fraction of sp³-hybridized carbons (Fsp3) is 0.385. The molecule has 0 aliphatic heterocycles. The second kappa shape index (κ2) is 10.9. The number of rotatable bonds is 10. The monoisotopic (exact) mass is 418 g/mol. The summed E-state index contributed by atoms with van der Waals surface area (Å²) in [5, 5.41) is 7.94. The molecule has 1 atom stereocenters. The topological polar surface area (TPSA) is 50.2 Å². The summed E-state index contributed by atoms with van der Waals surface area (Å²) in [5.41, 5.74) is 4.40. The van der Waals surface area contributed by atoms with E-state index in [0.717, 1.165) is 49.4 Å². The van der Waals surface area contributed by atoms with Gasteiger partial charge in [0.05, 0.1) is 11.4 Å². The Labute approximate surface area is 186 Å². The van der Waals surface area contributed by atoms with Crippen molar-refractivity contribution in [3.63, 3.8) is 0 Å². The van der Waals surface area contributed by atoms with Crippen LogP contribution in [0, 0.1) is 6.92 Å². The quantitative estimate of drug-likeness (QED) is 0.499. The molecule has 0 saturated heterocycles. The minimum atomic E-state index is -0.0920. The molecule has 0 radical (unpaired) electrons. The van der Waals surface area contributed by atoms with Gasteiger partial charge in [0, 0.05) is 11.6 Å². The third-order valence-corrected chi connectivity index (χ3v) is 5.67. The van der Waals surface area contributed by atoms with Gasteiger partial charge in [-0.15, -0.1) is 0 Å². The number of aryl methyl sites for hydroxylation is 1. The molecule has 164 valence electrons. The molecule has 0 fully saturated rings. The van der Waals surface area contributed by atoms with Gasteiger partial charge in [-0.3, -0.25) is 4.79 Å². The fourth-order valence-corrected chi connectivity index (χ4v) is 3.71. The number of aromatic nitrogens is 2. The van der Waals surface area contributed by atoms with E-state index in [2.05, 4.69) is 37.9 Å². The minimum Gasteiger partial charge on any atom is -0.348 e. The lowest BCUT2D eigenvalue weighted by atomic mass is 10.1. The van der Waals surface area contributed by atoms with Crippen LogP contribution in [0.5, 0.6) is 0 Å². The lowest BCUT2D eigenvalue weighted by Gasteiger charge is -2.20. The van der Waals surface area contributed by atoms with E-state index in [1.165, 1.54) is 5.56 Å². The van der Waals surface area contributed by atoms with Crippen molar-refractivity contribution in [2.75, 3.05) is 19.6 Å². The average Bonchev–Trinajstić information content (AvgIpc) is 3.23. The smallest absolute Gasteiger partial charge is 0.270 e. The van der Waals surface area contributed by atoms with Gasteiger partial charge in [-0.2, -0.15) is 5.10 Å². The molecular weight excluding hydrogens is 384 g/mol. The summed E-state index contributed by atoms with van der Waals surface area (Å²) in [4.78, 5) is 15.6. The Morgan fingerprint density at radius 2 is 1.74 bits per heavy atom. The minimum absolute atomic E-state index is 0.0920. The molecule has 1 N–H and O–H groups in total. The van der Waals surface area contributed by atoms with Crippen LogP contribution in [0.2, 0.25) is 0 Å². The highest BCUT2D eigenvalue weighted by Gasteiger charge is 2.19. The number of carbonyl (C=O) groups is 1. The molecule has 0 spiro atoms. The van der Waals surface area contributed by atoms with E-state index in [1.54, 1.807) is 4.68 Å². The van der Waals surface area contributed by atoms with Crippen molar-refractivity contribution in [3.05, 3.63) is 71.9 Å². The first kappa shape index (κ1) is 22.8. The molecule has 0 aliphatic rings. The first-order valence-electron chi connectivity index (χ1n) is 11.3. The van der Waals surface area contributed by atoms with Gasteiger partial charge in [-0.1, -0.05) is 61.9 Å². The molecule has 1 amide bonds. The van der Waals surface area contributed by atoms with E-state index in [-0.39, 0.29) is 11.9 Å². The van der Waals surface area contributed by atoms with Crippen LogP contribution in [-0.4, -0.2) is 46.3 Å². The van der Waals surface area contributed by atoms with Crippen molar-refractivity contribution in [1.82, 2.24) is 20.0 Å². The standard InChI is InChI=1S/C26H34N4O/c1-5-29(6-2)18-10-11-21(4)27-26(31)25-19-24(22-12-8-7-9-13-22)28-30(25)23-16-14-20(3)15-17-23/h7-9,12-17,19,21H,5-6,10-11,18H2,1-4H3,(H,27,31). The van der Waals surface area contributed by atoms with Gasteiger partial charge in [0.15, 0.2) is 0 Å². The molecule has 5 nitrogen and oxygen atoms in total. The summed E-state index contributed by atoms with van der Waals surface area (Å²) in [6.07, 6.45) is 2.02. The first-order chi connectivity index (χ1) is 15.0. The maximum Gasteiger partial charge on any atom is 0.270 e. The van der Waals surface area contributed by atoms with Crippen LogP contribution in [0.3, 0.4) is 0 Å². The molecule has 5 heteroatoms. The Kier molecular flexibility index (Phi) is 8.01. The Balaban J connectivity index is 1.79. The van der Waals surface area contributed by atoms with Crippen LogP contribution < -0.4 is 5.32 Å². The largest absolute Gasteiger partial charge is 0.348 e. The third-order valence-electron chi connectivity index (χ3n) is 5.67. The Morgan fingerprint density at radius 1 is 1.06 bits per heavy atom. The molecule has 0 bridgehead atoms. The maximum atomic E-state index is 13.2. The van der Waals surface area contributed by atoms with E-state index in [1.807, 2.05) is 60.7 Å². The lowest BCUT2D eigenvalue weighted by molar-refractivity contribution is 0.0929. The van der Waals surface area contributed by atoms with Crippen LogP contribution in [0.25, 0.3) is 16.9 Å². The van der Waals surface area contributed by atoms with Crippen LogP contribution in [0.15, 0.2) is 60.7 Å². The second-order valence-electron chi connectivity index (χ2n) is 8.07. The second-order valence-corrected chi connectivity index (χ2v) is 8.07. The van der Waals surface area contributed by atoms with E-state index in [4.69, 9.17) is 5.10 Å². The Bertz CT molecular complexity index is 959. The summed E-state index contributed by atoms with van der Waals surface area (Å²) < 4.78 is 1.75. The molecule has 3 aromatic rings. The van der Waals surface area contributed by atoms with Crippen molar-refractivity contribution in [2.45, 2.75) is 46.6 Å². The van der Waals surface area contributed by atoms with E-state index in [9.17, 15) is 4.79 Å². The maximum absolute atomic E-state index is 13.2. The highest BCUT2D eigenvalue weighted by atomic mass is 16.2. The fourth-order valence-electron chi connectivity index (χ4n) is 3.71. The molecule has 1 unspecified atom stereocenters. The van der Waals surface area contributed by atoms with Gasteiger partial charge in [-0.05, 0) is 64.5 Å². The number of nitrogens with one attached hydrogen (secondary N) is 1. The molecule has 3 rings (SSSR count). The van der Waals surface area contributed by atoms with E-state index in [0.29, 0.717) is 5.69 Å². The van der Waals surface area contributed by atoms with Crippen molar-refractivity contribution in [2.24, 2.45) is 0 Å². The zero-order chi connectivity index (χ0) is 22.2. The highest BCUT2D eigenvalue weighted by Crippen LogP contribution is 2.22. The molecular formula is C26H34N4O. The van der Waals surface area contributed by atoms with Gasteiger partial charge in [0.2, 0.25) is 0 Å². The summed E-state index contributed by atoms with van der Waals surface area (Å²) in [7, 11) is 0. The van der Waals surface area contributed by atoms with Crippen LogP contribution in [0.1, 0.15) is 49.7 Å². The number of amides is 1. The molecule has 1 aromatic heterocycles. The van der Waals surface area contributed by atoms with Crippen LogP contribution in [0.4, 0.5) is 0 Å². The van der Waals surface area contributed by atoms with Gasteiger partial charge >= 0.3 is 0 Å². The van der Waals surface area contributed by atoms with Gasteiger partial charge in [-0.25, -0.2) is 4.68 Å². The van der Waals surface area contributed by atoms with Crippen molar-refractivity contribution in [3.8, 4) is 16.9 Å². The van der Waals surface area contributed by atoms with Crippen molar-refractivity contribution < 1.29 is 4.79 Å². The van der Waals surface area contributed by atoms with Crippen molar-refractivity contribution in [1.29, 1.82) is 0 Å². The zero-order valence-corrected chi connectivity index (χ0v) is 19.1. The van der Waals surface area contributed by atoms with Gasteiger partial charge < -0.3 is 10.2 Å². The SMILES string of the molecule is CCN(CC)CCCC(C)NC(=O)c1cc(-c2ccccc2)nn1-c1ccc(C)cc1. The number of carbonyl (C=O) groups excluding carboxylic acids is 1. The molecule has 31 heavy (non-hydrogen) atoms. The van der Waals surface area contributed by atoms with E-state index < -0.39 is 0 Å². The third kappa shape index (κ3) is 6.05. The summed E-state index contributed by atoms with van der Waals surface area (Å²) in [6, 6.07) is 20.0. The molecule has 2 aromatic carbocycles. The number of hydrogen-bond acceptors (Lipinski definition) is 3. The lowest BCUT2D eigenvalue weighted by Crippen LogP contribution is -2.34. The molecule has 0 aliphatic carbocycles. The zero-order valence-electron chi connectivity index (χ0n) is 19.1. The summed E-state index contributed by atoms with van der Waals surface area (Å²) in [6.45, 7) is 11.7. The summed E-state index contributed by atoms with van der Waals surface area (Å²) >= 11 is 0. The van der Waals surface area contributed by atoms with E-state index >= 15 is 0 Å². The van der Waals surface area contributed by atoms with Crippen LogP contribution in [-0.2, 0) is 0 Å². The Hall–Kier alpha value is -2.92. The number of nitrogens with zero attached hydrogens (tertiary/aromatic N) is 3. The van der Waals surface area contributed by atoms with Gasteiger partial charge in [0.25, 0.3) is 5.91 Å².